The van der Waals surface area contributed by atoms with Gasteiger partial charge in [-0.3, -0.25) is 4.79 Å². The second-order valence-corrected chi connectivity index (χ2v) is 6.86. The maximum Gasteiger partial charge on any atom is 0.242 e. The number of nitrogens with zero attached hydrogens (tertiary/aromatic N) is 2. The largest absolute Gasteiger partial charge is 0.368 e. The lowest BCUT2D eigenvalue weighted by atomic mass is 9.96. The molecular weight excluding hydrogens is 274 g/mol. The molecular formula is C18H27N3O. The van der Waals surface area contributed by atoms with Crippen LogP contribution in [0.15, 0.2) is 18.2 Å². The third-order valence-corrected chi connectivity index (χ3v) is 5.41. The van der Waals surface area contributed by atoms with E-state index in [4.69, 9.17) is 5.73 Å². The molecule has 0 radical (unpaired) electrons. The molecule has 1 heterocycles. The smallest absolute Gasteiger partial charge is 0.242 e. The molecule has 22 heavy (non-hydrogen) atoms. The first kappa shape index (κ1) is 15.3. The molecule has 0 unspecified atom stereocenters. The Hall–Kier alpha value is -1.55. The van der Waals surface area contributed by atoms with Crippen LogP contribution >= 0.6 is 0 Å². The number of rotatable bonds is 2. The van der Waals surface area contributed by atoms with Gasteiger partial charge >= 0.3 is 0 Å². The van der Waals surface area contributed by atoms with Crippen molar-refractivity contribution in [3.8, 4) is 0 Å². The fourth-order valence-corrected chi connectivity index (χ4v) is 3.76. The summed E-state index contributed by atoms with van der Waals surface area (Å²) in [6.07, 6.45) is 3.88. The van der Waals surface area contributed by atoms with Gasteiger partial charge in [0.1, 0.15) is 0 Å². The van der Waals surface area contributed by atoms with E-state index >= 15 is 0 Å². The molecule has 0 spiro atoms. The van der Waals surface area contributed by atoms with Crippen molar-refractivity contribution in [2.75, 3.05) is 31.1 Å². The molecule has 4 nitrogen and oxygen atoms in total. The Morgan fingerprint density at radius 2 is 1.73 bits per heavy atom. The number of carbonyl (C=O) groups is 1. The first-order valence-electron chi connectivity index (χ1n) is 8.41. The molecule has 4 heteroatoms. The van der Waals surface area contributed by atoms with Crippen molar-refractivity contribution in [2.45, 2.75) is 45.1 Å². The molecule has 2 fully saturated rings. The minimum Gasteiger partial charge on any atom is -0.368 e. The summed E-state index contributed by atoms with van der Waals surface area (Å²) in [6.45, 7) is 7.68. The standard InChI is InChI=1S/C18H27N3O/c1-14-6-5-7-16(15(14)2)20-10-12-21(13-11-20)17(22)18(19)8-3-4-9-18/h5-7H,3-4,8-13,19H2,1-2H3. The van der Waals surface area contributed by atoms with Gasteiger partial charge in [0, 0.05) is 31.9 Å². The molecule has 0 atom stereocenters. The third kappa shape index (κ3) is 2.72. The molecule has 1 aliphatic carbocycles. The first-order valence-corrected chi connectivity index (χ1v) is 8.41. The fourth-order valence-electron chi connectivity index (χ4n) is 3.76. The quantitative estimate of drug-likeness (QED) is 0.911. The molecule has 1 saturated carbocycles. The Morgan fingerprint density at radius 3 is 2.36 bits per heavy atom. The highest BCUT2D eigenvalue weighted by molar-refractivity contribution is 5.86. The summed E-state index contributed by atoms with van der Waals surface area (Å²) in [5.41, 5.74) is 9.70. The van der Waals surface area contributed by atoms with Crippen LogP contribution in [0.4, 0.5) is 5.69 Å². The van der Waals surface area contributed by atoms with E-state index < -0.39 is 5.54 Å². The van der Waals surface area contributed by atoms with Gasteiger partial charge in [-0.15, -0.1) is 0 Å². The molecule has 2 aliphatic rings. The van der Waals surface area contributed by atoms with Gasteiger partial charge in [0.2, 0.25) is 5.91 Å². The molecule has 1 aromatic carbocycles. The maximum absolute atomic E-state index is 12.7. The minimum atomic E-state index is -0.582. The lowest BCUT2D eigenvalue weighted by Crippen LogP contribution is -2.58. The van der Waals surface area contributed by atoms with E-state index in [9.17, 15) is 4.79 Å². The van der Waals surface area contributed by atoms with Gasteiger partial charge in [-0.2, -0.15) is 0 Å². The van der Waals surface area contributed by atoms with E-state index in [0.29, 0.717) is 0 Å². The van der Waals surface area contributed by atoms with E-state index in [0.717, 1.165) is 51.9 Å². The zero-order chi connectivity index (χ0) is 15.7. The van der Waals surface area contributed by atoms with Crippen molar-refractivity contribution in [3.05, 3.63) is 29.3 Å². The number of carbonyl (C=O) groups excluding carboxylic acids is 1. The van der Waals surface area contributed by atoms with Crippen molar-refractivity contribution in [3.63, 3.8) is 0 Å². The van der Waals surface area contributed by atoms with Crippen LogP contribution in [-0.4, -0.2) is 42.5 Å². The van der Waals surface area contributed by atoms with Crippen LogP contribution in [0.1, 0.15) is 36.8 Å². The number of piperazine rings is 1. The van der Waals surface area contributed by atoms with Crippen LogP contribution in [0.3, 0.4) is 0 Å². The van der Waals surface area contributed by atoms with Crippen molar-refractivity contribution in [2.24, 2.45) is 5.73 Å². The summed E-state index contributed by atoms with van der Waals surface area (Å²) in [5, 5.41) is 0. The highest BCUT2D eigenvalue weighted by atomic mass is 16.2. The molecule has 0 bridgehead atoms. The number of amides is 1. The molecule has 120 valence electrons. The second kappa shape index (κ2) is 5.92. The predicted molar refractivity (Wildman–Crippen MR) is 90.1 cm³/mol. The van der Waals surface area contributed by atoms with Crippen molar-refractivity contribution < 1.29 is 4.79 Å². The zero-order valence-electron chi connectivity index (χ0n) is 13.8. The Morgan fingerprint density at radius 1 is 1.09 bits per heavy atom. The van der Waals surface area contributed by atoms with Gasteiger partial charge in [-0.1, -0.05) is 25.0 Å². The predicted octanol–water partition coefficient (Wildman–Crippen LogP) is 2.22. The SMILES string of the molecule is Cc1cccc(N2CCN(C(=O)C3(N)CCCC3)CC2)c1C. The van der Waals surface area contributed by atoms with Crippen LogP contribution < -0.4 is 10.6 Å². The highest BCUT2D eigenvalue weighted by Gasteiger charge is 2.40. The molecule has 3 rings (SSSR count). The molecule has 2 N–H and O–H groups in total. The Balaban J connectivity index is 1.65. The highest BCUT2D eigenvalue weighted by Crippen LogP contribution is 2.30. The van der Waals surface area contributed by atoms with Crippen molar-refractivity contribution >= 4 is 11.6 Å². The average Bonchev–Trinajstić information content (AvgIpc) is 2.98. The van der Waals surface area contributed by atoms with E-state index in [2.05, 4.69) is 36.9 Å². The fraction of sp³-hybridized carbons (Fsp3) is 0.611. The Labute approximate surface area is 133 Å². The van der Waals surface area contributed by atoms with Gasteiger partial charge in [0.25, 0.3) is 0 Å². The lowest BCUT2D eigenvalue weighted by molar-refractivity contribution is -0.137. The summed E-state index contributed by atoms with van der Waals surface area (Å²) in [4.78, 5) is 17.0. The second-order valence-electron chi connectivity index (χ2n) is 6.86. The van der Waals surface area contributed by atoms with Crippen LogP contribution in [0, 0.1) is 13.8 Å². The summed E-state index contributed by atoms with van der Waals surface area (Å²) in [7, 11) is 0. The van der Waals surface area contributed by atoms with E-state index in [1.54, 1.807) is 0 Å². The number of anilines is 1. The van der Waals surface area contributed by atoms with Crippen LogP contribution in [0.5, 0.6) is 0 Å². The number of aryl methyl sites for hydroxylation is 1. The summed E-state index contributed by atoms with van der Waals surface area (Å²) in [6, 6.07) is 6.45. The third-order valence-electron chi connectivity index (χ3n) is 5.41. The molecule has 1 amide bonds. The van der Waals surface area contributed by atoms with E-state index in [1.165, 1.54) is 16.8 Å². The van der Waals surface area contributed by atoms with Gasteiger partial charge in [0.15, 0.2) is 0 Å². The summed E-state index contributed by atoms with van der Waals surface area (Å²) in [5.74, 6) is 0.172. The number of nitrogens with two attached hydrogens (primary N) is 1. The monoisotopic (exact) mass is 301 g/mol. The van der Waals surface area contributed by atoms with Gasteiger partial charge in [-0.05, 0) is 43.9 Å². The van der Waals surface area contributed by atoms with E-state index in [1.807, 2.05) is 4.90 Å². The minimum absolute atomic E-state index is 0.172. The van der Waals surface area contributed by atoms with Gasteiger partial charge in [-0.25, -0.2) is 0 Å². The van der Waals surface area contributed by atoms with Gasteiger partial charge in [0.05, 0.1) is 5.54 Å². The maximum atomic E-state index is 12.7. The van der Waals surface area contributed by atoms with Gasteiger partial charge < -0.3 is 15.5 Å². The van der Waals surface area contributed by atoms with Crippen LogP contribution in [0.25, 0.3) is 0 Å². The zero-order valence-corrected chi connectivity index (χ0v) is 13.8. The normalized spacial score (nSPS) is 21.2. The summed E-state index contributed by atoms with van der Waals surface area (Å²) >= 11 is 0. The summed E-state index contributed by atoms with van der Waals surface area (Å²) < 4.78 is 0. The lowest BCUT2D eigenvalue weighted by Gasteiger charge is -2.40. The molecule has 1 saturated heterocycles. The number of hydrogen-bond donors (Lipinski definition) is 1. The van der Waals surface area contributed by atoms with Crippen molar-refractivity contribution in [1.29, 1.82) is 0 Å². The number of hydrogen-bond acceptors (Lipinski definition) is 3. The van der Waals surface area contributed by atoms with Crippen molar-refractivity contribution in [1.82, 2.24) is 4.90 Å². The topological polar surface area (TPSA) is 49.6 Å². The molecule has 0 aromatic heterocycles. The van der Waals surface area contributed by atoms with Crippen LogP contribution in [0.2, 0.25) is 0 Å². The Kier molecular flexibility index (Phi) is 4.13. The van der Waals surface area contributed by atoms with E-state index in [-0.39, 0.29) is 5.91 Å². The molecule has 1 aromatic rings. The average molecular weight is 301 g/mol. The number of benzene rings is 1. The molecule has 1 aliphatic heterocycles. The Bertz CT molecular complexity index is 555. The van der Waals surface area contributed by atoms with Crippen LogP contribution in [-0.2, 0) is 4.79 Å². The first-order chi connectivity index (χ1) is 10.5.